The molecule has 1 heterocycles. The molecule has 1 saturated carbocycles. The molecule has 1 aromatic carbocycles. The predicted octanol–water partition coefficient (Wildman–Crippen LogP) is 5.25. The summed E-state index contributed by atoms with van der Waals surface area (Å²) in [5.41, 5.74) is 0.627. The van der Waals surface area contributed by atoms with Crippen LogP contribution in [0.1, 0.15) is 38.2 Å². The lowest BCUT2D eigenvalue weighted by atomic mass is 9.86. The number of thiazole rings is 1. The number of carbonyl (C=O) groups excluding carboxylic acids is 1. The van der Waals surface area contributed by atoms with Crippen molar-refractivity contribution >= 4 is 40.2 Å². The zero-order chi connectivity index (χ0) is 22.4. The standard InChI is InChI=1S/C21H25F2N3O3S2/c1-13-2-5-15(6-3-13)26(9-8-14-4-7-16(22)17(23)10-14)21(29)25-20-24-11-19(31-20)30-12-18(27)28/h4,7,10-11,13,15H,2-3,5-6,8-9,12H2,1H3,(H,27,28)(H,24,25,29)/t13-,15-. The lowest BCUT2D eigenvalue weighted by molar-refractivity contribution is -0.133. The van der Waals surface area contributed by atoms with Crippen LogP contribution in [-0.2, 0) is 11.2 Å². The number of rotatable bonds is 8. The Bertz CT molecular complexity index is 917. The summed E-state index contributed by atoms with van der Waals surface area (Å²) in [6, 6.07) is 3.59. The summed E-state index contributed by atoms with van der Waals surface area (Å²) < 4.78 is 27.5. The van der Waals surface area contributed by atoms with Crippen molar-refractivity contribution in [2.75, 3.05) is 17.6 Å². The molecule has 1 aliphatic carbocycles. The van der Waals surface area contributed by atoms with Crippen LogP contribution < -0.4 is 5.32 Å². The Morgan fingerprint density at radius 2 is 2.00 bits per heavy atom. The first kappa shape index (κ1) is 23.5. The van der Waals surface area contributed by atoms with Crippen molar-refractivity contribution in [1.82, 2.24) is 9.88 Å². The summed E-state index contributed by atoms with van der Waals surface area (Å²) in [6.45, 7) is 2.58. The number of anilines is 1. The molecule has 1 fully saturated rings. The third-order valence-corrected chi connectivity index (χ3v) is 7.44. The van der Waals surface area contributed by atoms with E-state index in [0.29, 0.717) is 33.8 Å². The van der Waals surface area contributed by atoms with Crippen LogP contribution in [-0.4, -0.2) is 45.3 Å². The maximum atomic E-state index is 13.5. The van der Waals surface area contributed by atoms with E-state index < -0.39 is 17.6 Å². The highest BCUT2D eigenvalue weighted by Gasteiger charge is 2.28. The number of amides is 2. The molecule has 0 bridgehead atoms. The predicted molar refractivity (Wildman–Crippen MR) is 118 cm³/mol. The summed E-state index contributed by atoms with van der Waals surface area (Å²) in [7, 11) is 0. The Kier molecular flexibility index (Phi) is 8.25. The fraction of sp³-hybridized carbons (Fsp3) is 0.476. The van der Waals surface area contributed by atoms with Crippen LogP contribution >= 0.6 is 23.1 Å². The van der Waals surface area contributed by atoms with E-state index in [4.69, 9.17) is 5.11 Å². The van der Waals surface area contributed by atoms with Crippen LogP contribution in [0.2, 0.25) is 0 Å². The molecule has 3 rings (SSSR count). The molecule has 10 heteroatoms. The van der Waals surface area contributed by atoms with Gasteiger partial charge in [-0.15, -0.1) is 11.8 Å². The summed E-state index contributed by atoms with van der Waals surface area (Å²) in [5, 5.41) is 12.0. The number of halogens is 2. The van der Waals surface area contributed by atoms with E-state index in [1.807, 2.05) is 0 Å². The Balaban J connectivity index is 1.67. The molecule has 2 aromatic rings. The van der Waals surface area contributed by atoms with Gasteiger partial charge in [0.1, 0.15) is 0 Å². The summed E-state index contributed by atoms with van der Waals surface area (Å²) >= 11 is 2.37. The fourth-order valence-corrected chi connectivity index (χ4v) is 5.21. The average molecular weight is 470 g/mol. The maximum Gasteiger partial charge on any atom is 0.323 e. The van der Waals surface area contributed by atoms with E-state index in [-0.39, 0.29) is 17.8 Å². The third-order valence-electron chi connectivity index (χ3n) is 5.35. The first-order valence-electron chi connectivity index (χ1n) is 10.1. The van der Waals surface area contributed by atoms with E-state index in [1.165, 1.54) is 23.5 Å². The normalized spacial score (nSPS) is 18.5. The molecule has 0 unspecified atom stereocenters. The van der Waals surface area contributed by atoms with Crippen molar-refractivity contribution in [3.8, 4) is 0 Å². The summed E-state index contributed by atoms with van der Waals surface area (Å²) in [5.74, 6) is -2.15. The van der Waals surface area contributed by atoms with Gasteiger partial charge in [0.05, 0.1) is 16.2 Å². The molecular formula is C21H25F2N3O3S2. The first-order chi connectivity index (χ1) is 14.8. The number of urea groups is 1. The van der Waals surface area contributed by atoms with E-state index in [9.17, 15) is 18.4 Å². The van der Waals surface area contributed by atoms with Gasteiger partial charge in [-0.3, -0.25) is 10.1 Å². The highest BCUT2D eigenvalue weighted by Crippen LogP contribution is 2.30. The zero-order valence-corrected chi connectivity index (χ0v) is 18.8. The van der Waals surface area contributed by atoms with E-state index in [0.717, 1.165) is 43.5 Å². The number of carbonyl (C=O) groups is 2. The Morgan fingerprint density at radius 1 is 1.26 bits per heavy atom. The lowest BCUT2D eigenvalue weighted by Gasteiger charge is -2.36. The molecule has 1 aliphatic rings. The summed E-state index contributed by atoms with van der Waals surface area (Å²) in [4.78, 5) is 29.7. The van der Waals surface area contributed by atoms with Gasteiger partial charge in [-0.1, -0.05) is 24.3 Å². The molecule has 0 spiro atoms. The minimum absolute atomic E-state index is 0.0716. The molecule has 31 heavy (non-hydrogen) atoms. The zero-order valence-electron chi connectivity index (χ0n) is 17.1. The minimum atomic E-state index is -0.918. The SMILES string of the molecule is C[C@H]1CC[C@H](N(CCc2ccc(F)c(F)c2)C(=O)Nc2ncc(SCC(=O)O)s2)CC1. The number of hydrogen-bond donors (Lipinski definition) is 2. The number of thioether (sulfide) groups is 1. The molecule has 6 nitrogen and oxygen atoms in total. The molecule has 0 radical (unpaired) electrons. The second-order valence-electron chi connectivity index (χ2n) is 7.70. The molecule has 2 amide bonds. The maximum absolute atomic E-state index is 13.5. The van der Waals surface area contributed by atoms with Gasteiger partial charge in [0.2, 0.25) is 0 Å². The molecule has 0 saturated heterocycles. The van der Waals surface area contributed by atoms with Gasteiger partial charge in [-0.2, -0.15) is 0 Å². The number of aromatic nitrogens is 1. The van der Waals surface area contributed by atoms with E-state index in [1.54, 1.807) is 11.1 Å². The average Bonchev–Trinajstić information content (AvgIpc) is 3.17. The first-order valence-corrected chi connectivity index (χ1v) is 11.9. The van der Waals surface area contributed by atoms with Crippen LogP contribution in [0.25, 0.3) is 0 Å². The van der Waals surface area contributed by atoms with Crippen molar-refractivity contribution in [2.24, 2.45) is 5.92 Å². The van der Waals surface area contributed by atoms with Crippen LogP contribution in [0.15, 0.2) is 28.6 Å². The van der Waals surface area contributed by atoms with Crippen molar-refractivity contribution in [2.45, 2.75) is 49.3 Å². The topological polar surface area (TPSA) is 82.5 Å². The van der Waals surface area contributed by atoms with Gasteiger partial charge in [-0.05, 0) is 55.7 Å². The third kappa shape index (κ3) is 6.90. The smallest absolute Gasteiger partial charge is 0.323 e. The second kappa shape index (κ2) is 10.9. The van der Waals surface area contributed by atoms with Crippen molar-refractivity contribution < 1.29 is 23.5 Å². The quantitative estimate of drug-likeness (QED) is 0.516. The molecule has 0 atom stereocenters. The Labute approximate surface area is 188 Å². The van der Waals surface area contributed by atoms with Crippen molar-refractivity contribution in [1.29, 1.82) is 0 Å². The summed E-state index contributed by atoms with van der Waals surface area (Å²) in [6.07, 6.45) is 5.81. The lowest BCUT2D eigenvalue weighted by Crippen LogP contribution is -2.45. The molecule has 168 valence electrons. The Hall–Kier alpha value is -2.20. The highest BCUT2D eigenvalue weighted by molar-refractivity contribution is 8.01. The van der Waals surface area contributed by atoms with Gasteiger partial charge >= 0.3 is 12.0 Å². The van der Waals surface area contributed by atoms with Gasteiger partial charge in [0, 0.05) is 12.6 Å². The van der Waals surface area contributed by atoms with Crippen molar-refractivity contribution in [3.05, 3.63) is 41.6 Å². The van der Waals surface area contributed by atoms with Crippen LogP contribution in [0.3, 0.4) is 0 Å². The number of carboxylic acids is 1. The number of aliphatic carboxylic acids is 1. The van der Waals surface area contributed by atoms with Gasteiger partial charge < -0.3 is 10.0 Å². The fourth-order valence-electron chi connectivity index (χ4n) is 3.63. The van der Waals surface area contributed by atoms with Gasteiger partial charge in [0.15, 0.2) is 16.8 Å². The molecular weight excluding hydrogens is 444 g/mol. The Morgan fingerprint density at radius 3 is 2.68 bits per heavy atom. The largest absolute Gasteiger partial charge is 0.481 e. The van der Waals surface area contributed by atoms with E-state index >= 15 is 0 Å². The number of nitrogens with zero attached hydrogens (tertiary/aromatic N) is 2. The van der Waals surface area contributed by atoms with Crippen LogP contribution in [0.5, 0.6) is 0 Å². The number of hydrogen-bond acceptors (Lipinski definition) is 5. The minimum Gasteiger partial charge on any atom is -0.481 e. The molecule has 2 N–H and O–H groups in total. The number of benzene rings is 1. The van der Waals surface area contributed by atoms with Gasteiger partial charge in [-0.25, -0.2) is 18.6 Å². The highest BCUT2D eigenvalue weighted by atomic mass is 32.2. The molecule has 1 aromatic heterocycles. The van der Waals surface area contributed by atoms with Gasteiger partial charge in [0.25, 0.3) is 0 Å². The van der Waals surface area contributed by atoms with Crippen LogP contribution in [0, 0.1) is 17.6 Å². The van der Waals surface area contributed by atoms with Crippen molar-refractivity contribution in [3.63, 3.8) is 0 Å². The second-order valence-corrected chi connectivity index (χ2v) is 10.0. The van der Waals surface area contributed by atoms with E-state index in [2.05, 4.69) is 17.2 Å². The van der Waals surface area contributed by atoms with Crippen LogP contribution in [0.4, 0.5) is 18.7 Å². The number of carboxylic acid groups (broad SMARTS) is 1. The monoisotopic (exact) mass is 469 g/mol. The molecule has 0 aliphatic heterocycles. The number of nitrogens with one attached hydrogen (secondary N) is 1.